The minimum atomic E-state index is -3.86. The SMILES string of the molecule is COP(=O)(N[C@H]1C=C(C(=O)O)O[C@H](C(O)[C@H](O)CO)[C@@H]1NC(C)=O)OC. The number of ether oxygens (including phenoxy) is 1. The number of carbonyl (C=O) groups excluding carboxylic acids is 1. The summed E-state index contributed by atoms with van der Waals surface area (Å²) in [5.74, 6) is -2.70. The van der Waals surface area contributed by atoms with Crippen molar-refractivity contribution < 1.29 is 48.4 Å². The lowest BCUT2D eigenvalue weighted by Gasteiger charge is -2.40. The van der Waals surface area contributed by atoms with Gasteiger partial charge in [0.15, 0.2) is 0 Å². The minimum absolute atomic E-state index is 0.571. The molecule has 0 fully saturated rings. The van der Waals surface area contributed by atoms with E-state index in [-0.39, 0.29) is 0 Å². The number of aliphatic carboxylic acids is 1. The predicted octanol–water partition coefficient (Wildman–Crippen LogP) is -2.07. The number of carbonyl (C=O) groups is 2. The lowest BCUT2D eigenvalue weighted by molar-refractivity contribution is -0.146. The van der Waals surface area contributed by atoms with E-state index < -0.39 is 62.4 Å². The number of carboxylic acids is 1. The van der Waals surface area contributed by atoms with Gasteiger partial charge in [0.1, 0.15) is 18.3 Å². The molecule has 1 amide bonds. The fourth-order valence-corrected chi connectivity index (χ4v) is 3.31. The van der Waals surface area contributed by atoms with Crippen LogP contribution in [-0.2, 0) is 27.9 Å². The molecule has 1 aliphatic heterocycles. The van der Waals surface area contributed by atoms with Gasteiger partial charge in [-0.2, -0.15) is 0 Å². The first kappa shape index (κ1) is 22.5. The molecule has 13 heteroatoms. The Morgan fingerprint density at radius 1 is 1.35 bits per heavy atom. The number of hydrogen-bond acceptors (Lipinski definition) is 9. The highest BCUT2D eigenvalue weighted by atomic mass is 31.2. The van der Waals surface area contributed by atoms with E-state index in [4.69, 9.17) is 18.9 Å². The summed E-state index contributed by atoms with van der Waals surface area (Å²) in [5.41, 5.74) is 0. The molecule has 26 heavy (non-hydrogen) atoms. The third-order valence-corrected chi connectivity index (χ3v) is 5.20. The molecule has 0 spiro atoms. The highest BCUT2D eigenvalue weighted by Gasteiger charge is 2.45. The van der Waals surface area contributed by atoms with Crippen LogP contribution >= 0.6 is 7.75 Å². The Morgan fingerprint density at radius 3 is 2.35 bits per heavy atom. The van der Waals surface area contributed by atoms with Crippen LogP contribution in [0.15, 0.2) is 11.8 Å². The molecule has 0 aliphatic carbocycles. The summed E-state index contributed by atoms with van der Waals surface area (Å²) in [6.45, 7) is 0.318. The van der Waals surface area contributed by atoms with Crippen LogP contribution in [-0.4, -0.2) is 83.5 Å². The minimum Gasteiger partial charge on any atom is -0.478 e. The summed E-state index contributed by atoms with van der Waals surface area (Å²) in [6.07, 6.45) is -3.92. The predicted molar refractivity (Wildman–Crippen MR) is 85.8 cm³/mol. The topological polar surface area (TPSA) is 184 Å². The van der Waals surface area contributed by atoms with Gasteiger partial charge in [0, 0.05) is 21.1 Å². The molecule has 5 atom stereocenters. The molecule has 0 saturated carbocycles. The van der Waals surface area contributed by atoms with Crippen molar-refractivity contribution >= 4 is 19.6 Å². The molecule has 1 rings (SSSR count). The van der Waals surface area contributed by atoms with Gasteiger partial charge in [-0.3, -0.25) is 4.79 Å². The van der Waals surface area contributed by atoms with Gasteiger partial charge in [0.05, 0.1) is 18.7 Å². The quantitative estimate of drug-likeness (QED) is 0.235. The van der Waals surface area contributed by atoms with Crippen LogP contribution < -0.4 is 10.4 Å². The molecular formula is C13H23N2O10P. The molecule has 0 bridgehead atoms. The Kier molecular flexibility index (Phi) is 8.15. The molecule has 0 aromatic heterocycles. The third kappa shape index (κ3) is 5.48. The van der Waals surface area contributed by atoms with E-state index >= 15 is 0 Å². The number of carboxylic acid groups (broad SMARTS) is 1. The van der Waals surface area contributed by atoms with Gasteiger partial charge in [-0.1, -0.05) is 0 Å². The van der Waals surface area contributed by atoms with Gasteiger partial charge >= 0.3 is 13.7 Å². The zero-order valence-electron chi connectivity index (χ0n) is 14.4. The molecule has 6 N–H and O–H groups in total. The molecule has 150 valence electrons. The second-order valence-corrected chi connectivity index (χ2v) is 7.39. The number of amides is 1. The zero-order chi connectivity index (χ0) is 20.1. The summed E-state index contributed by atoms with van der Waals surface area (Å²) < 4.78 is 27.0. The number of rotatable bonds is 9. The van der Waals surface area contributed by atoms with Crippen molar-refractivity contribution in [2.45, 2.75) is 37.3 Å². The first-order valence-corrected chi connectivity index (χ1v) is 8.98. The van der Waals surface area contributed by atoms with Crippen LogP contribution in [0.3, 0.4) is 0 Å². The van der Waals surface area contributed by atoms with Crippen molar-refractivity contribution in [1.82, 2.24) is 10.4 Å². The van der Waals surface area contributed by atoms with Gasteiger partial charge in [-0.25, -0.2) is 14.4 Å². The zero-order valence-corrected chi connectivity index (χ0v) is 15.3. The first-order valence-electron chi connectivity index (χ1n) is 7.43. The Hall–Kier alpha value is -1.53. The lowest BCUT2D eigenvalue weighted by Crippen LogP contribution is -2.62. The summed E-state index contributed by atoms with van der Waals surface area (Å²) in [4.78, 5) is 22.8. The molecular weight excluding hydrogens is 375 g/mol. The van der Waals surface area contributed by atoms with Crippen LogP contribution in [0.1, 0.15) is 6.92 Å². The van der Waals surface area contributed by atoms with E-state index in [0.29, 0.717) is 0 Å². The summed E-state index contributed by atoms with van der Waals surface area (Å²) in [7, 11) is -1.68. The molecule has 0 aromatic rings. The Balaban J connectivity index is 3.33. The summed E-state index contributed by atoms with van der Waals surface area (Å²) in [5, 5.41) is 43.0. The average Bonchev–Trinajstić information content (AvgIpc) is 2.60. The molecule has 0 radical (unpaired) electrons. The summed E-state index contributed by atoms with van der Waals surface area (Å²) >= 11 is 0. The third-order valence-electron chi connectivity index (χ3n) is 3.62. The van der Waals surface area contributed by atoms with Gasteiger partial charge in [-0.05, 0) is 6.08 Å². The van der Waals surface area contributed by atoms with Gasteiger partial charge in [0.25, 0.3) is 0 Å². The van der Waals surface area contributed by atoms with E-state index in [1.54, 1.807) is 0 Å². The largest absolute Gasteiger partial charge is 0.478 e. The lowest BCUT2D eigenvalue weighted by atomic mass is 9.92. The maximum atomic E-state index is 12.4. The van der Waals surface area contributed by atoms with Crippen LogP contribution in [0.5, 0.6) is 0 Å². The number of hydrogen-bond donors (Lipinski definition) is 6. The van der Waals surface area contributed by atoms with Crippen molar-refractivity contribution in [2.75, 3.05) is 20.8 Å². The molecule has 0 aromatic carbocycles. The van der Waals surface area contributed by atoms with Crippen LogP contribution in [0.4, 0.5) is 0 Å². The van der Waals surface area contributed by atoms with E-state index in [2.05, 4.69) is 10.4 Å². The second-order valence-electron chi connectivity index (χ2n) is 5.40. The van der Waals surface area contributed by atoms with Crippen molar-refractivity contribution in [1.29, 1.82) is 0 Å². The second kappa shape index (κ2) is 9.42. The number of aliphatic hydroxyl groups excluding tert-OH is 3. The smallest absolute Gasteiger partial charge is 0.405 e. The van der Waals surface area contributed by atoms with Gasteiger partial charge < -0.3 is 39.5 Å². The fourth-order valence-electron chi connectivity index (χ4n) is 2.35. The Labute approximate surface area is 149 Å². The highest BCUT2D eigenvalue weighted by Crippen LogP contribution is 2.43. The normalized spacial score (nSPS) is 25.6. The van der Waals surface area contributed by atoms with E-state index in [0.717, 1.165) is 27.2 Å². The van der Waals surface area contributed by atoms with Crippen LogP contribution in [0, 0.1) is 0 Å². The molecule has 1 unspecified atom stereocenters. The van der Waals surface area contributed by atoms with Gasteiger partial charge in [0.2, 0.25) is 11.7 Å². The Bertz CT molecular complexity index is 589. The number of aliphatic hydroxyl groups is 3. The first-order chi connectivity index (χ1) is 12.1. The molecule has 0 saturated heterocycles. The average molecular weight is 398 g/mol. The molecule has 1 aliphatic rings. The van der Waals surface area contributed by atoms with Crippen molar-refractivity contribution in [3.8, 4) is 0 Å². The van der Waals surface area contributed by atoms with E-state index in [1.807, 2.05) is 0 Å². The van der Waals surface area contributed by atoms with Crippen LogP contribution in [0.25, 0.3) is 0 Å². The molecule has 1 heterocycles. The monoisotopic (exact) mass is 398 g/mol. The highest BCUT2D eigenvalue weighted by molar-refractivity contribution is 7.51. The summed E-state index contributed by atoms with van der Waals surface area (Å²) in [6, 6.07) is -2.35. The van der Waals surface area contributed by atoms with Gasteiger partial charge in [-0.15, -0.1) is 0 Å². The maximum Gasteiger partial charge on any atom is 0.405 e. The van der Waals surface area contributed by atoms with Crippen molar-refractivity contribution in [2.24, 2.45) is 0 Å². The van der Waals surface area contributed by atoms with E-state index in [9.17, 15) is 29.5 Å². The molecule has 12 nitrogen and oxygen atoms in total. The standard InChI is InChI=1S/C13H23N2O10P/c1-6(17)14-10-7(15-26(22,23-2)24-3)4-9(13(20)21)25-12(10)11(19)8(18)5-16/h4,7-8,10-12,16,18-19H,5H2,1-3H3,(H,14,17)(H,15,22)(H,20,21)/t7-,8+,10+,11?,12-/m0/s1. The van der Waals surface area contributed by atoms with E-state index in [1.165, 1.54) is 0 Å². The Morgan fingerprint density at radius 2 is 1.92 bits per heavy atom. The van der Waals surface area contributed by atoms with Crippen molar-refractivity contribution in [3.05, 3.63) is 11.8 Å². The fraction of sp³-hybridized carbons (Fsp3) is 0.692. The maximum absolute atomic E-state index is 12.4. The van der Waals surface area contributed by atoms with Crippen LogP contribution in [0.2, 0.25) is 0 Å². The number of nitrogens with one attached hydrogen (secondary N) is 2. The van der Waals surface area contributed by atoms with Crippen molar-refractivity contribution in [3.63, 3.8) is 0 Å².